The highest BCUT2D eigenvalue weighted by Gasteiger charge is 2.46. The van der Waals surface area contributed by atoms with Gasteiger partial charge in [0, 0.05) is 6.42 Å². The second kappa shape index (κ2) is 8.23. The molecule has 144 valence electrons. The zero-order chi connectivity index (χ0) is 19.4. The highest BCUT2D eigenvalue weighted by Crippen LogP contribution is 2.32. The zero-order valence-electron chi connectivity index (χ0n) is 16.5. The van der Waals surface area contributed by atoms with Crippen molar-refractivity contribution in [3.05, 3.63) is 48.6 Å². The van der Waals surface area contributed by atoms with Gasteiger partial charge in [-0.3, -0.25) is 4.90 Å². The van der Waals surface area contributed by atoms with Gasteiger partial charge in [0.1, 0.15) is 11.3 Å². The van der Waals surface area contributed by atoms with Crippen LogP contribution in [0, 0.1) is 0 Å². The summed E-state index contributed by atoms with van der Waals surface area (Å²) in [6.45, 7) is 14.2. The van der Waals surface area contributed by atoms with Gasteiger partial charge in [-0.1, -0.05) is 36.4 Å². The van der Waals surface area contributed by atoms with Crippen LogP contribution < -0.4 is 0 Å². The summed E-state index contributed by atoms with van der Waals surface area (Å²) in [6.07, 6.45) is 1.85. The van der Waals surface area contributed by atoms with E-state index in [0.29, 0.717) is 19.6 Å². The molecule has 1 aromatic rings. The van der Waals surface area contributed by atoms with E-state index in [2.05, 4.69) is 6.58 Å². The summed E-state index contributed by atoms with van der Waals surface area (Å²) in [7, 11) is 0. The molecular weight excluding hydrogens is 330 g/mol. The molecular formula is C21H31NO4. The van der Waals surface area contributed by atoms with E-state index in [1.807, 2.05) is 65.0 Å². The minimum absolute atomic E-state index is 0.126. The average Bonchev–Trinajstić information content (AvgIpc) is 2.85. The van der Waals surface area contributed by atoms with E-state index in [1.54, 1.807) is 11.0 Å². The molecule has 1 aliphatic rings. The van der Waals surface area contributed by atoms with Crippen LogP contribution in [0.2, 0.25) is 0 Å². The van der Waals surface area contributed by atoms with E-state index < -0.39 is 11.3 Å². The first-order valence-electron chi connectivity index (χ1n) is 9.07. The van der Waals surface area contributed by atoms with Crippen molar-refractivity contribution in [3.8, 4) is 0 Å². The van der Waals surface area contributed by atoms with Crippen molar-refractivity contribution in [3.63, 3.8) is 0 Å². The van der Waals surface area contributed by atoms with Gasteiger partial charge in [0.2, 0.25) is 0 Å². The molecule has 0 aromatic heterocycles. The highest BCUT2D eigenvalue weighted by atomic mass is 16.6. The molecule has 0 saturated carbocycles. The Morgan fingerprint density at radius 2 is 2.04 bits per heavy atom. The van der Waals surface area contributed by atoms with Crippen molar-refractivity contribution in [2.24, 2.45) is 0 Å². The minimum Gasteiger partial charge on any atom is -0.444 e. The molecule has 1 heterocycles. The number of rotatable bonds is 6. The number of carbonyl (C=O) groups is 1. The van der Waals surface area contributed by atoms with Crippen LogP contribution in [0.4, 0.5) is 4.79 Å². The molecule has 1 aliphatic heterocycles. The smallest absolute Gasteiger partial charge is 0.412 e. The maximum atomic E-state index is 12.7. The molecule has 26 heavy (non-hydrogen) atoms. The van der Waals surface area contributed by atoms with Gasteiger partial charge in [-0.2, -0.15) is 0 Å². The standard InChI is InChI=1S/C21H31NO4/c1-7-18(24-14-16-11-9-8-10-12-16)13-17-15-25-21(5,6)22(17)19(23)26-20(2,3)4/h7-12,17-18H,1,13-15H2,2-6H3/t17-,18+/m0/s1. The van der Waals surface area contributed by atoms with E-state index in [-0.39, 0.29) is 18.2 Å². The van der Waals surface area contributed by atoms with E-state index >= 15 is 0 Å². The van der Waals surface area contributed by atoms with Crippen LogP contribution in [-0.2, 0) is 20.8 Å². The lowest BCUT2D eigenvalue weighted by molar-refractivity contribution is -0.0641. The van der Waals surface area contributed by atoms with Gasteiger partial charge in [-0.25, -0.2) is 4.79 Å². The fourth-order valence-corrected chi connectivity index (χ4v) is 3.02. The lowest BCUT2D eigenvalue weighted by Crippen LogP contribution is -2.50. The molecule has 1 amide bonds. The van der Waals surface area contributed by atoms with Gasteiger partial charge in [0.25, 0.3) is 0 Å². The quantitative estimate of drug-likeness (QED) is 0.699. The lowest BCUT2D eigenvalue weighted by Gasteiger charge is -2.35. The first kappa shape index (κ1) is 20.5. The Morgan fingerprint density at radius 3 is 2.62 bits per heavy atom. The second-order valence-electron chi connectivity index (χ2n) is 8.07. The van der Waals surface area contributed by atoms with Gasteiger partial charge < -0.3 is 14.2 Å². The topological polar surface area (TPSA) is 48.0 Å². The molecule has 0 bridgehead atoms. The number of hydrogen-bond acceptors (Lipinski definition) is 4. The maximum Gasteiger partial charge on any atom is 0.412 e. The van der Waals surface area contributed by atoms with Crippen molar-refractivity contribution in [1.29, 1.82) is 0 Å². The van der Waals surface area contributed by atoms with Gasteiger partial charge in [-0.15, -0.1) is 6.58 Å². The summed E-state index contributed by atoms with van der Waals surface area (Å²) in [5, 5.41) is 0. The Hall–Kier alpha value is -1.85. The van der Waals surface area contributed by atoms with Crippen LogP contribution in [0.15, 0.2) is 43.0 Å². The fraction of sp³-hybridized carbons (Fsp3) is 0.571. The SMILES string of the molecule is C=C[C@H](C[C@H]1COC(C)(C)N1C(=O)OC(C)(C)C)OCc1ccccc1. The molecule has 1 aromatic carbocycles. The lowest BCUT2D eigenvalue weighted by atomic mass is 10.1. The molecule has 5 heteroatoms. The first-order chi connectivity index (χ1) is 12.1. The number of amides is 1. The summed E-state index contributed by atoms with van der Waals surface area (Å²) in [5.74, 6) is 0. The van der Waals surface area contributed by atoms with Crippen LogP contribution in [0.25, 0.3) is 0 Å². The Balaban J connectivity index is 2.02. The molecule has 0 N–H and O–H groups in total. The predicted molar refractivity (Wildman–Crippen MR) is 102 cm³/mol. The van der Waals surface area contributed by atoms with Crippen molar-refractivity contribution in [1.82, 2.24) is 4.90 Å². The van der Waals surface area contributed by atoms with Crippen LogP contribution in [-0.4, -0.2) is 41.1 Å². The Morgan fingerprint density at radius 1 is 1.38 bits per heavy atom. The zero-order valence-corrected chi connectivity index (χ0v) is 16.5. The van der Waals surface area contributed by atoms with E-state index in [0.717, 1.165) is 5.56 Å². The van der Waals surface area contributed by atoms with Crippen molar-refractivity contribution >= 4 is 6.09 Å². The van der Waals surface area contributed by atoms with Crippen LogP contribution >= 0.6 is 0 Å². The summed E-state index contributed by atoms with van der Waals surface area (Å²) >= 11 is 0. The van der Waals surface area contributed by atoms with E-state index in [1.165, 1.54) is 0 Å². The Labute approximate surface area is 156 Å². The fourth-order valence-electron chi connectivity index (χ4n) is 3.02. The van der Waals surface area contributed by atoms with Gasteiger partial charge in [0.05, 0.1) is 25.4 Å². The number of benzene rings is 1. The van der Waals surface area contributed by atoms with E-state index in [4.69, 9.17) is 14.2 Å². The molecule has 5 nitrogen and oxygen atoms in total. The highest BCUT2D eigenvalue weighted by molar-refractivity contribution is 5.69. The molecule has 1 fully saturated rings. The monoisotopic (exact) mass is 361 g/mol. The van der Waals surface area contributed by atoms with Crippen molar-refractivity contribution in [2.75, 3.05) is 6.61 Å². The number of hydrogen-bond donors (Lipinski definition) is 0. The van der Waals surface area contributed by atoms with Crippen LogP contribution in [0.1, 0.15) is 46.6 Å². The van der Waals surface area contributed by atoms with E-state index in [9.17, 15) is 4.79 Å². The normalized spacial score (nSPS) is 20.7. The van der Waals surface area contributed by atoms with Gasteiger partial charge in [0.15, 0.2) is 0 Å². The summed E-state index contributed by atoms with van der Waals surface area (Å²) in [4.78, 5) is 14.4. The number of ether oxygens (including phenoxy) is 3. The third kappa shape index (κ3) is 5.58. The summed E-state index contributed by atoms with van der Waals surface area (Å²) < 4.78 is 17.4. The molecule has 0 spiro atoms. The number of carbonyl (C=O) groups excluding carboxylic acids is 1. The molecule has 2 rings (SSSR count). The molecule has 0 aliphatic carbocycles. The Bertz CT molecular complexity index is 606. The third-order valence-corrected chi connectivity index (χ3v) is 4.24. The largest absolute Gasteiger partial charge is 0.444 e. The Kier molecular flexibility index (Phi) is 6.48. The average molecular weight is 361 g/mol. The van der Waals surface area contributed by atoms with Crippen LogP contribution in [0.3, 0.4) is 0 Å². The van der Waals surface area contributed by atoms with Gasteiger partial charge >= 0.3 is 6.09 Å². The van der Waals surface area contributed by atoms with Crippen molar-refractivity contribution in [2.45, 2.75) is 71.1 Å². The predicted octanol–water partition coefficient (Wildman–Crippen LogP) is 4.52. The second-order valence-corrected chi connectivity index (χ2v) is 8.07. The minimum atomic E-state index is -0.710. The first-order valence-corrected chi connectivity index (χ1v) is 9.07. The molecule has 1 saturated heterocycles. The molecule has 0 radical (unpaired) electrons. The van der Waals surface area contributed by atoms with Crippen molar-refractivity contribution < 1.29 is 19.0 Å². The molecule has 0 unspecified atom stereocenters. The summed E-state index contributed by atoms with van der Waals surface area (Å²) in [5.41, 5.74) is -0.161. The molecule has 2 atom stereocenters. The van der Waals surface area contributed by atoms with Crippen LogP contribution in [0.5, 0.6) is 0 Å². The number of nitrogens with zero attached hydrogens (tertiary/aromatic N) is 1. The maximum absolute atomic E-state index is 12.7. The third-order valence-electron chi connectivity index (χ3n) is 4.24. The summed E-state index contributed by atoms with van der Waals surface area (Å²) in [6, 6.07) is 9.87. The van der Waals surface area contributed by atoms with Gasteiger partial charge in [-0.05, 0) is 40.2 Å².